The van der Waals surface area contributed by atoms with Crippen molar-refractivity contribution >= 4 is 16.9 Å². The minimum Gasteiger partial charge on any atom is -0.353 e. The molecule has 17 heavy (non-hydrogen) atoms. The number of nitrogens with one attached hydrogen (secondary N) is 1. The molecule has 0 aliphatic carbocycles. The number of aromatic amines is 1. The fourth-order valence-corrected chi connectivity index (χ4v) is 2.11. The van der Waals surface area contributed by atoms with Crippen LogP contribution in [0, 0.1) is 0 Å². The van der Waals surface area contributed by atoms with Crippen molar-refractivity contribution in [3.63, 3.8) is 0 Å². The Morgan fingerprint density at radius 2 is 2.06 bits per heavy atom. The first-order valence-electron chi connectivity index (χ1n) is 5.58. The number of hydrogen-bond acceptors (Lipinski definition) is 3. The Labute approximate surface area is 96.6 Å². The highest BCUT2D eigenvalue weighted by Crippen LogP contribution is 2.31. The van der Waals surface area contributed by atoms with Crippen LogP contribution in [-0.4, -0.2) is 34.2 Å². The summed E-state index contributed by atoms with van der Waals surface area (Å²) in [5, 5.41) is 7.02. The molecule has 0 radical (unpaired) electrons. The van der Waals surface area contributed by atoms with E-state index in [2.05, 4.69) is 15.2 Å². The SMILES string of the molecule is FC1(F)CCN(c2n[nH]c3cccnc23)CC1. The van der Waals surface area contributed by atoms with E-state index in [0.717, 1.165) is 11.0 Å². The molecule has 2 aromatic rings. The van der Waals surface area contributed by atoms with Gasteiger partial charge in [-0.05, 0) is 12.1 Å². The number of piperidine rings is 1. The number of hydrogen-bond donors (Lipinski definition) is 1. The van der Waals surface area contributed by atoms with E-state index in [4.69, 9.17) is 0 Å². The van der Waals surface area contributed by atoms with Gasteiger partial charge in [-0.3, -0.25) is 10.1 Å². The van der Waals surface area contributed by atoms with Gasteiger partial charge in [0, 0.05) is 32.1 Å². The second-order valence-corrected chi connectivity index (χ2v) is 4.29. The van der Waals surface area contributed by atoms with Crippen LogP contribution in [0.5, 0.6) is 0 Å². The molecule has 6 heteroatoms. The van der Waals surface area contributed by atoms with Gasteiger partial charge in [-0.25, -0.2) is 8.78 Å². The van der Waals surface area contributed by atoms with Crippen LogP contribution in [0.25, 0.3) is 11.0 Å². The van der Waals surface area contributed by atoms with Crippen LogP contribution in [0.2, 0.25) is 0 Å². The predicted octanol–water partition coefficient (Wildman–Crippen LogP) is 2.19. The molecule has 1 aliphatic heterocycles. The van der Waals surface area contributed by atoms with E-state index in [9.17, 15) is 8.78 Å². The molecule has 1 fully saturated rings. The van der Waals surface area contributed by atoms with Gasteiger partial charge in [-0.1, -0.05) is 0 Å². The van der Waals surface area contributed by atoms with Gasteiger partial charge >= 0.3 is 0 Å². The molecule has 0 bridgehead atoms. The average molecular weight is 238 g/mol. The Morgan fingerprint density at radius 1 is 1.29 bits per heavy atom. The minimum atomic E-state index is -2.53. The van der Waals surface area contributed by atoms with E-state index in [-0.39, 0.29) is 12.8 Å². The number of aromatic nitrogens is 3. The van der Waals surface area contributed by atoms with Crippen LogP contribution >= 0.6 is 0 Å². The van der Waals surface area contributed by atoms with E-state index in [0.29, 0.717) is 18.9 Å². The van der Waals surface area contributed by atoms with Gasteiger partial charge in [0.2, 0.25) is 0 Å². The standard InChI is InChI=1S/C11H12F2N4/c12-11(13)3-6-17(7-4-11)10-9-8(15-16-10)2-1-5-14-9/h1-2,5H,3-4,6-7H2,(H,15,16). The van der Waals surface area contributed by atoms with Crippen LogP contribution in [-0.2, 0) is 0 Å². The summed E-state index contributed by atoms with van der Waals surface area (Å²) in [6.45, 7) is 0.646. The van der Waals surface area contributed by atoms with Gasteiger partial charge in [-0.2, -0.15) is 5.10 Å². The largest absolute Gasteiger partial charge is 0.353 e. The van der Waals surface area contributed by atoms with Crippen molar-refractivity contribution in [1.29, 1.82) is 0 Å². The summed E-state index contributed by atoms with van der Waals surface area (Å²) in [4.78, 5) is 6.09. The third kappa shape index (κ3) is 1.83. The van der Waals surface area contributed by atoms with Crippen molar-refractivity contribution in [2.45, 2.75) is 18.8 Å². The monoisotopic (exact) mass is 238 g/mol. The van der Waals surface area contributed by atoms with Crippen molar-refractivity contribution in [3.05, 3.63) is 18.3 Å². The van der Waals surface area contributed by atoms with Crippen molar-refractivity contribution in [2.75, 3.05) is 18.0 Å². The molecule has 0 saturated carbocycles. The maximum atomic E-state index is 13.1. The summed E-state index contributed by atoms with van der Waals surface area (Å²) >= 11 is 0. The van der Waals surface area contributed by atoms with Crippen molar-refractivity contribution < 1.29 is 8.78 Å². The predicted molar refractivity (Wildman–Crippen MR) is 60.3 cm³/mol. The molecule has 1 aliphatic rings. The maximum Gasteiger partial charge on any atom is 0.251 e. The van der Waals surface area contributed by atoms with E-state index in [1.807, 2.05) is 17.0 Å². The number of rotatable bonds is 1. The Balaban J connectivity index is 1.90. The summed E-state index contributed by atoms with van der Waals surface area (Å²) in [5.41, 5.74) is 1.58. The molecule has 3 rings (SSSR count). The molecule has 4 nitrogen and oxygen atoms in total. The minimum absolute atomic E-state index is 0.117. The molecule has 2 aromatic heterocycles. The summed E-state index contributed by atoms with van der Waals surface area (Å²) < 4.78 is 26.1. The van der Waals surface area contributed by atoms with Crippen LogP contribution in [0.3, 0.4) is 0 Å². The number of nitrogens with zero attached hydrogens (tertiary/aromatic N) is 3. The van der Waals surface area contributed by atoms with Crippen LogP contribution in [0.4, 0.5) is 14.6 Å². The Bertz CT molecular complexity index is 527. The molecule has 0 spiro atoms. The second-order valence-electron chi connectivity index (χ2n) is 4.29. The summed E-state index contributed by atoms with van der Waals surface area (Å²) in [5.74, 6) is -1.85. The quantitative estimate of drug-likeness (QED) is 0.828. The van der Waals surface area contributed by atoms with Crippen LogP contribution < -0.4 is 4.90 Å². The first-order valence-corrected chi connectivity index (χ1v) is 5.58. The molecular weight excluding hydrogens is 226 g/mol. The molecular formula is C11H12F2N4. The van der Waals surface area contributed by atoms with Gasteiger partial charge in [0.05, 0.1) is 5.52 Å². The van der Waals surface area contributed by atoms with Gasteiger partial charge in [-0.15, -0.1) is 0 Å². The molecule has 0 aromatic carbocycles. The van der Waals surface area contributed by atoms with E-state index >= 15 is 0 Å². The lowest BCUT2D eigenvalue weighted by Gasteiger charge is -2.31. The van der Waals surface area contributed by atoms with Crippen molar-refractivity contribution in [1.82, 2.24) is 15.2 Å². The van der Waals surface area contributed by atoms with E-state index in [1.165, 1.54) is 0 Å². The van der Waals surface area contributed by atoms with Crippen LogP contribution in [0.15, 0.2) is 18.3 Å². The van der Waals surface area contributed by atoms with Crippen molar-refractivity contribution in [3.8, 4) is 0 Å². The molecule has 1 N–H and O–H groups in total. The Morgan fingerprint density at radius 3 is 2.82 bits per heavy atom. The van der Waals surface area contributed by atoms with E-state index in [1.54, 1.807) is 6.20 Å². The first-order chi connectivity index (χ1) is 8.16. The second kappa shape index (κ2) is 3.65. The molecule has 0 amide bonds. The number of H-pyrrole nitrogens is 1. The normalized spacial score (nSPS) is 19.8. The van der Waals surface area contributed by atoms with Gasteiger partial charge in [0.1, 0.15) is 5.52 Å². The first kappa shape index (κ1) is 10.4. The molecule has 1 saturated heterocycles. The van der Waals surface area contributed by atoms with Gasteiger partial charge in [0.25, 0.3) is 5.92 Å². The summed E-state index contributed by atoms with van der Waals surface area (Å²) in [7, 11) is 0. The third-order valence-electron chi connectivity index (χ3n) is 3.10. The summed E-state index contributed by atoms with van der Waals surface area (Å²) in [6, 6.07) is 3.69. The summed E-state index contributed by atoms with van der Waals surface area (Å²) in [6.07, 6.45) is 1.45. The highest BCUT2D eigenvalue weighted by Gasteiger charge is 2.35. The highest BCUT2D eigenvalue weighted by atomic mass is 19.3. The zero-order chi connectivity index (χ0) is 11.9. The number of fused-ring (bicyclic) bond motifs is 1. The number of alkyl halides is 2. The molecule has 0 atom stereocenters. The number of anilines is 1. The molecule has 3 heterocycles. The Kier molecular flexibility index (Phi) is 2.24. The van der Waals surface area contributed by atoms with Crippen LogP contribution in [0.1, 0.15) is 12.8 Å². The topological polar surface area (TPSA) is 44.8 Å². The van der Waals surface area contributed by atoms with Gasteiger partial charge < -0.3 is 4.90 Å². The maximum absolute atomic E-state index is 13.1. The number of halogens is 2. The fourth-order valence-electron chi connectivity index (χ4n) is 2.11. The highest BCUT2D eigenvalue weighted by molar-refractivity contribution is 5.85. The lowest BCUT2D eigenvalue weighted by molar-refractivity contribution is -0.0221. The molecule has 0 unspecified atom stereocenters. The zero-order valence-electron chi connectivity index (χ0n) is 9.16. The Hall–Kier alpha value is -1.72. The van der Waals surface area contributed by atoms with Crippen molar-refractivity contribution in [2.24, 2.45) is 0 Å². The fraction of sp³-hybridized carbons (Fsp3) is 0.455. The smallest absolute Gasteiger partial charge is 0.251 e. The number of pyridine rings is 1. The molecule has 90 valence electrons. The third-order valence-corrected chi connectivity index (χ3v) is 3.10. The lowest BCUT2D eigenvalue weighted by Crippen LogP contribution is -2.39. The van der Waals surface area contributed by atoms with E-state index < -0.39 is 5.92 Å². The lowest BCUT2D eigenvalue weighted by atomic mass is 10.1. The zero-order valence-corrected chi connectivity index (χ0v) is 9.16. The average Bonchev–Trinajstić information content (AvgIpc) is 2.73. The van der Waals surface area contributed by atoms with Gasteiger partial charge in [0.15, 0.2) is 5.82 Å².